The van der Waals surface area contributed by atoms with Crippen molar-refractivity contribution in [2.45, 2.75) is 24.7 Å². The molecular weight excluding hydrogens is 318 g/mol. The van der Waals surface area contributed by atoms with Crippen LogP contribution in [0.3, 0.4) is 0 Å². The number of sulfonamides is 1. The van der Waals surface area contributed by atoms with E-state index in [1.807, 2.05) is 19.1 Å². The van der Waals surface area contributed by atoms with Crippen molar-refractivity contribution in [3.8, 4) is 12.3 Å². The van der Waals surface area contributed by atoms with Crippen LogP contribution in [0.5, 0.6) is 0 Å². The van der Waals surface area contributed by atoms with Crippen molar-refractivity contribution < 1.29 is 8.42 Å². The average molecular weight is 339 g/mol. The third-order valence-corrected chi connectivity index (χ3v) is 5.03. The maximum absolute atomic E-state index is 12.3. The molecule has 0 aliphatic heterocycles. The summed E-state index contributed by atoms with van der Waals surface area (Å²) in [6, 6.07) is 6.94. The molecule has 3 nitrogen and oxygen atoms in total. The zero-order valence-corrected chi connectivity index (χ0v) is 14.5. The maximum atomic E-state index is 12.3. The lowest BCUT2D eigenvalue weighted by Gasteiger charge is -2.09. The molecule has 0 aromatic heterocycles. The lowest BCUT2D eigenvalue weighted by molar-refractivity contribution is 0.585. The topological polar surface area (TPSA) is 46.2 Å². The molecule has 0 fully saturated rings. The van der Waals surface area contributed by atoms with E-state index < -0.39 is 10.0 Å². The molecule has 0 radical (unpaired) electrons. The molecule has 0 saturated heterocycles. The lowest BCUT2D eigenvalue weighted by atomic mass is 10.00. The van der Waals surface area contributed by atoms with Gasteiger partial charge in [0.15, 0.2) is 0 Å². The third-order valence-electron chi connectivity index (χ3n) is 3.59. The Hall–Kier alpha value is -2.35. The van der Waals surface area contributed by atoms with Gasteiger partial charge in [0, 0.05) is 6.54 Å². The van der Waals surface area contributed by atoms with Gasteiger partial charge in [-0.25, -0.2) is 13.1 Å². The van der Waals surface area contributed by atoms with Crippen molar-refractivity contribution in [1.82, 2.24) is 4.72 Å². The van der Waals surface area contributed by atoms with Crippen LogP contribution in [0, 0.1) is 12.3 Å². The number of rotatable bonds is 6. The van der Waals surface area contributed by atoms with Gasteiger partial charge in [-0.05, 0) is 48.6 Å². The average Bonchev–Trinajstić information content (AvgIpc) is 2.62. The first-order chi connectivity index (χ1) is 11.5. The third kappa shape index (κ3) is 5.09. The molecule has 4 heteroatoms. The Labute approximate surface area is 144 Å². The molecule has 0 amide bonds. The van der Waals surface area contributed by atoms with E-state index in [9.17, 15) is 8.42 Å². The highest BCUT2D eigenvalue weighted by Gasteiger charge is 2.12. The Balaban J connectivity index is 2.01. The molecule has 1 aromatic carbocycles. The molecule has 0 unspecified atom stereocenters. The van der Waals surface area contributed by atoms with Gasteiger partial charge in [-0.1, -0.05) is 54.5 Å². The smallest absolute Gasteiger partial charge is 0.207 e. The molecule has 2 rings (SSSR count). The van der Waals surface area contributed by atoms with Crippen LogP contribution in [-0.2, 0) is 10.0 Å². The summed E-state index contributed by atoms with van der Waals surface area (Å²) < 4.78 is 27.0. The van der Waals surface area contributed by atoms with Gasteiger partial charge in [0.1, 0.15) is 0 Å². The molecule has 1 aliphatic carbocycles. The molecule has 124 valence electrons. The van der Waals surface area contributed by atoms with Crippen molar-refractivity contribution in [2.24, 2.45) is 0 Å². The van der Waals surface area contributed by atoms with Crippen molar-refractivity contribution in [1.29, 1.82) is 0 Å². The van der Waals surface area contributed by atoms with Gasteiger partial charge in [0.25, 0.3) is 0 Å². The van der Waals surface area contributed by atoms with Crippen molar-refractivity contribution in [3.05, 3.63) is 71.9 Å². The van der Waals surface area contributed by atoms with Crippen molar-refractivity contribution in [2.75, 3.05) is 6.54 Å². The Morgan fingerprint density at radius 3 is 2.67 bits per heavy atom. The van der Waals surface area contributed by atoms with Crippen LogP contribution in [0.1, 0.15) is 25.3 Å². The molecule has 1 N–H and O–H groups in total. The predicted molar refractivity (Wildman–Crippen MR) is 99.7 cm³/mol. The fourth-order valence-corrected chi connectivity index (χ4v) is 3.20. The second-order valence-corrected chi connectivity index (χ2v) is 7.20. The Bertz CT molecular complexity index is 833. The van der Waals surface area contributed by atoms with Gasteiger partial charge in [-0.15, -0.1) is 6.42 Å². The quantitative estimate of drug-likeness (QED) is 0.632. The molecule has 0 spiro atoms. The monoisotopic (exact) mass is 339 g/mol. The Kier molecular flexibility index (Phi) is 6.36. The van der Waals surface area contributed by atoms with E-state index >= 15 is 0 Å². The van der Waals surface area contributed by atoms with E-state index in [4.69, 9.17) is 6.42 Å². The Morgan fingerprint density at radius 1 is 1.29 bits per heavy atom. The van der Waals surface area contributed by atoms with E-state index in [-0.39, 0.29) is 11.4 Å². The van der Waals surface area contributed by atoms with Crippen LogP contribution in [0.25, 0.3) is 5.57 Å². The second kappa shape index (κ2) is 8.49. The van der Waals surface area contributed by atoms with E-state index in [0.29, 0.717) is 0 Å². The highest BCUT2D eigenvalue weighted by molar-refractivity contribution is 7.89. The number of allylic oxidation sites excluding steroid dienone is 7. The summed E-state index contributed by atoms with van der Waals surface area (Å²) in [5.41, 5.74) is 2.95. The van der Waals surface area contributed by atoms with Gasteiger partial charge in [0.2, 0.25) is 10.0 Å². The summed E-state index contributed by atoms with van der Waals surface area (Å²) in [5, 5.41) is 0. The molecule has 1 aromatic rings. The highest BCUT2D eigenvalue weighted by Crippen LogP contribution is 2.22. The number of hydrogen-bond acceptors (Lipinski definition) is 2. The lowest BCUT2D eigenvalue weighted by Crippen LogP contribution is -2.23. The van der Waals surface area contributed by atoms with E-state index in [1.54, 1.807) is 30.4 Å². The standard InChI is InChI=1S/C20H21NO2S/c1-3-17(2)9-7-8-16-21-24(22,23)20-14-12-19(13-15-20)18-10-5-4-6-11-18/h1,5,7-15,21H,4,6,16H2,2H3/b8-7-,17-9-. The number of benzene rings is 1. The first kappa shape index (κ1) is 18.0. The summed E-state index contributed by atoms with van der Waals surface area (Å²) >= 11 is 0. The SMILES string of the molecule is C#C/C(C)=C\C=C/CNS(=O)(=O)c1ccc(C2=CCCC=C2)cc1. The molecule has 0 saturated carbocycles. The number of nitrogens with one attached hydrogen (secondary N) is 1. The number of hydrogen-bond donors (Lipinski definition) is 1. The van der Waals surface area contributed by atoms with Crippen LogP contribution >= 0.6 is 0 Å². The molecule has 1 aliphatic rings. The second-order valence-electron chi connectivity index (χ2n) is 5.44. The zero-order valence-electron chi connectivity index (χ0n) is 13.7. The van der Waals surface area contributed by atoms with E-state index in [0.717, 1.165) is 29.6 Å². The van der Waals surface area contributed by atoms with Crippen LogP contribution < -0.4 is 4.72 Å². The summed E-state index contributed by atoms with van der Waals surface area (Å²) in [6.07, 6.45) is 18.9. The van der Waals surface area contributed by atoms with Crippen LogP contribution in [-0.4, -0.2) is 15.0 Å². The van der Waals surface area contributed by atoms with Gasteiger partial charge in [0.05, 0.1) is 4.90 Å². The van der Waals surface area contributed by atoms with Crippen molar-refractivity contribution >= 4 is 15.6 Å². The van der Waals surface area contributed by atoms with E-state index in [1.165, 1.54) is 0 Å². The van der Waals surface area contributed by atoms with Gasteiger partial charge >= 0.3 is 0 Å². The summed E-state index contributed by atoms with van der Waals surface area (Å²) in [7, 11) is -3.51. The summed E-state index contributed by atoms with van der Waals surface area (Å²) in [5.74, 6) is 2.49. The highest BCUT2D eigenvalue weighted by atomic mass is 32.2. The first-order valence-electron chi connectivity index (χ1n) is 7.80. The van der Waals surface area contributed by atoms with Crippen LogP contribution in [0.2, 0.25) is 0 Å². The minimum atomic E-state index is -3.51. The van der Waals surface area contributed by atoms with E-state index in [2.05, 4.69) is 28.9 Å². The Morgan fingerprint density at radius 2 is 2.04 bits per heavy atom. The van der Waals surface area contributed by atoms with Gasteiger partial charge in [-0.3, -0.25) is 0 Å². The fourth-order valence-electron chi connectivity index (χ4n) is 2.22. The molecule has 0 atom stereocenters. The molecular formula is C20H21NO2S. The van der Waals surface area contributed by atoms with Gasteiger partial charge < -0.3 is 0 Å². The molecule has 24 heavy (non-hydrogen) atoms. The van der Waals surface area contributed by atoms with Crippen molar-refractivity contribution in [3.63, 3.8) is 0 Å². The minimum absolute atomic E-state index is 0.215. The zero-order chi connectivity index (χ0) is 17.4. The normalized spacial score (nSPS) is 15.3. The fraction of sp³-hybridized carbons (Fsp3) is 0.200. The first-order valence-corrected chi connectivity index (χ1v) is 9.28. The van der Waals surface area contributed by atoms with Crippen LogP contribution in [0.4, 0.5) is 0 Å². The van der Waals surface area contributed by atoms with Gasteiger partial charge in [-0.2, -0.15) is 0 Å². The largest absolute Gasteiger partial charge is 0.240 e. The maximum Gasteiger partial charge on any atom is 0.240 e. The predicted octanol–water partition coefficient (Wildman–Crippen LogP) is 3.83. The minimum Gasteiger partial charge on any atom is -0.207 e. The summed E-state index contributed by atoms with van der Waals surface area (Å²) in [6.45, 7) is 2.03. The van der Waals surface area contributed by atoms with Crippen LogP contribution in [0.15, 0.2) is 71.2 Å². The molecule has 0 bridgehead atoms. The number of terminal acetylenes is 1. The molecule has 0 heterocycles. The summed E-state index contributed by atoms with van der Waals surface area (Å²) in [4.78, 5) is 0.260.